The molecule has 1 atom stereocenters. The van der Waals surface area contributed by atoms with Crippen LogP contribution in [0.25, 0.3) is 0 Å². The van der Waals surface area contributed by atoms with E-state index in [1.54, 1.807) is 12.0 Å². The molecule has 0 saturated carbocycles. The second-order valence-corrected chi connectivity index (χ2v) is 7.05. The van der Waals surface area contributed by atoms with Crippen molar-refractivity contribution in [3.63, 3.8) is 0 Å². The van der Waals surface area contributed by atoms with Gasteiger partial charge in [-0.15, -0.1) is 0 Å². The minimum absolute atomic E-state index is 0.350. The van der Waals surface area contributed by atoms with Crippen LogP contribution >= 0.6 is 0 Å². The lowest BCUT2D eigenvalue weighted by molar-refractivity contribution is 0.105. The normalized spacial score (nSPS) is 14.6. The van der Waals surface area contributed by atoms with E-state index < -0.39 is 0 Å². The zero-order valence-electron chi connectivity index (χ0n) is 16.9. The maximum absolute atomic E-state index is 11.2. The number of benzene rings is 2. The van der Waals surface area contributed by atoms with E-state index in [4.69, 9.17) is 19.9 Å². The molecule has 1 fully saturated rings. The first-order valence-electron chi connectivity index (χ1n) is 9.97. The summed E-state index contributed by atoms with van der Waals surface area (Å²) < 4.78 is 16.9. The molecular formula is C23H29N2O4. The minimum atomic E-state index is -0.352. The summed E-state index contributed by atoms with van der Waals surface area (Å²) in [5.74, 6) is 2.05. The first kappa shape index (κ1) is 21.0. The number of para-hydroxylation sites is 1. The molecule has 0 aliphatic carbocycles. The van der Waals surface area contributed by atoms with Crippen LogP contribution in [0.5, 0.6) is 11.5 Å². The number of methoxy groups -OCH3 is 1. The van der Waals surface area contributed by atoms with Crippen LogP contribution in [-0.4, -0.2) is 44.3 Å². The maximum Gasteiger partial charge on any atom is 0.314 e. The predicted octanol–water partition coefficient (Wildman–Crippen LogP) is 3.75. The summed E-state index contributed by atoms with van der Waals surface area (Å²) in [6.45, 7) is 3.07. The Bertz CT molecular complexity index is 771. The molecule has 0 bridgehead atoms. The van der Waals surface area contributed by atoms with Crippen LogP contribution in [0.1, 0.15) is 29.9 Å². The summed E-state index contributed by atoms with van der Waals surface area (Å²) >= 11 is 0. The van der Waals surface area contributed by atoms with Crippen molar-refractivity contribution < 1.29 is 19.0 Å². The molecule has 6 nitrogen and oxygen atoms in total. The van der Waals surface area contributed by atoms with E-state index in [9.17, 15) is 4.79 Å². The van der Waals surface area contributed by atoms with E-state index in [0.29, 0.717) is 38.8 Å². The highest BCUT2D eigenvalue weighted by molar-refractivity contribution is 5.72. The molecule has 1 aliphatic heterocycles. The molecular weight excluding hydrogens is 368 g/mol. The molecule has 155 valence electrons. The fourth-order valence-corrected chi connectivity index (χ4v) is 3.43. The van der Waals surface area contributed by atoms with Crippen LogP contribution in [-0.2, 0) is 11.3 Å². The van der Waals surface area contributed by atoms with Crippen molar-refractivity contribution in [2.24, 2.45) is 5.73 Å². The van der Waals surface area contributed by atoms with Crippen LogP contribution in [0.2, 0.25) is 0 Å². The third-order valence-electron chi connectivity index (χ3n) is 5.09. The number of carbonyl (C=O) groups is 1. The van der Waals surface area contributed by atoms with Crippen molar-refractivity contribution in [1.82, 2.24) is 4.90 Å². The van der Waals surface area contributed by atoms with E-state index in [1.165, 1.54) is 5.56 Å². The molecule has 1 unspecified atom stereocenters. The lowest BCUT2D eigenvalue weighted by Gasteiger charge is -2.30. The summed E-state index contributed by atoms with van der Waals surface area (Å²) in [6, 6.07) is 15.7. The molecule has 6 heteroatoms. The van der Waals surface area contributed by atoms with Crippen LogP contribution in [0.3, 0.4) is 0 Å². The summed E-state index contributed by atoms with van der Waals surface area (Å²) in [5, 5.41) is 0. The Hall–Kier alpha value is -2.73. The fraction of sp³-hybridized carbons (Fsp3) is 0.391. The first-order valence-corrected chi connectivity index (χ1v) is 9.97. The second-order valence-electron chi connectivity index (χ2n) is 7.05. The van der Waals surface area contributed by atoms with Gasteiger partial charge >= 0.3 is 6.03 Å². The zero-order chi connectivity index (χ0) is 20.5. The van der Waals surface area contributed by atoms with Gasteiger partial charge in [-0.25, -0.2) is 4.79 Å². The smallest absolute Gasteiger partial charge is 0.314 e. The molecule has 3 rings (SSSR count). The third-order valence-corrected chi connectivity index (χ3v) is 5.09. The van der Waals surface area contributed by atoms with Gasteiger partial charge in [0.15, 0.2) is 0 Å². The van der Waals surface area contributed by atoms with Crippen molar-refractivity contribution in [3.8, 4) is 11.5 Å². The fourth-order valence-electron chi connectivity index (χ4n) is 3.43. The van der Waals surface area contributed by atoms with Crippen LogP contribution in [0, 0.1) is 6.42 Å². The number of urea groups is 1. The van der Waals surface area contributed by atoms with Crippen molar-refractivity contribution >= 4 is 6.03 Å². The van der Waals surface area contributed by atoms with Gasteiger partial charge in [-0.3, -0.25) is 0 Å². The van der Waals surface area contributed by atoms with Gasteiger partial charge in [-0.2, -0.15) is 0 Å². The molecule has 2 N–H and O–H groups in total. The van der Waals surface area contributed by atoms with Gasteiger partial charge in [-0.1, -0.05) is 30.3 Å². The highest BCUT2D eigenvalue weighted by Crippen LogP contribution is 2.28. The number of likely N-dealkylation sites (tertiary alicyclic amines) is 1. The van der Waals surface area contributed by atoms with Gasteiger partial charge in [0.1, 0.15) is 11.5 Å². The van der Waals surface area contributed by atoms with Gasteiger partial charge in [0, 0.05) is 25.1 Å². The molecule has 1 heterocycles. The largest absolute Gasteiger partial charge is 0.496 e. The van der Waals surface area contributed by atoms with Gasteiger partial charge in [0.25, 0.3) is 0 Å². The molecule has 2 aromatic carbocycles. The monoisotopic (exact) mass is 397 g/mol. The summed E-state index contributed by atoms with van der Waals surface area (Å²) in [6.07, 6.45) is 3.85. The number of nitrogens with two attached hydrogens (primary N) is 1. The van der Waals surface area contributed by atoms with Gasteiger partial charge < -0.3 is 24.8 Å². The number of primary amides is 1. The molecule has 1 aliphatic rings. The average Bonchev–Trinajstić information content (AvgIpc) is 2.77. The van der Waals surface area contributed by atoms with Crippen LogP contribution < -0.4 is 15.2 Å². The number of piperidine rings is 1. The van der Waals surface area contributed by atoms with Gasteiger partial charge in [-0.05, 0) is 42.5 Å². The Kier molecular flexibility index (Phi) is 7.76. The van der Waals surface area contributed by atoms with Crippen molar-refractivity contribution in [2.75, 3.05) is 33.4 Å². The molecule has 1 saturated heterocycles. The number of ether oxygens (including phenoxy) is 3. The van der Waals surface area contributed by atoms with E-state index in [-0.39, 0.29) is 6.03 Å². The van der Waals surface area contributed by atoms with Gasteiger partial charge in [0.2, 0.25) is 0 Å². The molecule has 29 heavy (non-hydrogen) atoms. The van der Waals surface area contributed by atoms with Crippen LogP contribution in [0.15, 0.2) is 48.5 Å². The SMILES string of the molecule is COc1ccccc1COCCCOc1ccc(C2[CH]CN(C(N)=O)CC2)cc1. The van der Waals surface area contributed by atoms with Crippen molar-refractivity contribution in [2.45, 2.75) is 25.4 Å². The Morgan fingerprint density at radius 2 is 1.93 bits per heavy atom. The third kappa shape index (κ3) is 6.12. The minimum Gasteiger partial charge on any atom is -0.496 e. The number of rotatable bonds is 9. The second kappa shape index (κ2) is 10.7. The van der Waals surface area contributed by atoms with Crippen molar-refractivity contribution in [1.29, 1.82) is 0 Å². The average molecular weight is 397 g/mol. The van der Waals surface area contributed by atoms with Crippen molar-refractivity contribution in [3.05, 3.63) is 66.1 Å². The van der Waals surface area contributed by atoms with E-state index in [1.807, 2.05) is 36.4 Å². The number of hydrogen-bond acceptors (Lipinski definition) is 4. The molecule has 2 amide bonds. The lowest BCUT2D eigenvalue weighted by Crippen LogP contribution is -2.41. The van der Waals surface area contributed by atoms with Crippen LogP contribution in [0.4, 0.5) is 4.79 Å². The lowest BCUT2D eigenvalue weighted by atomic mass is 9.89. The quantitative estimate of drug-likeness (QED) is 0.654. The standard InChI is InChI=1S/C23H29N2O4/c1-27-22-6-3-2-5-20(22)17-28-15-4-16-29-21-9-7-18(8-10-21)19-11-13-25(14-12-19)23(24)26/h2-3,5-11,19H,4,12-17H2,1H3,(H2,24,26). The molecule has 1 radical (unpaired) electrons. The van der Waals surface area contributed by atoms with E-state index in [2.05, 4.69) is 18.6 Å². The molecule has 0 spiro atoms. The molecule has 0 aromatic heterocycles. The number of hydrogen-bond donors (Lipinski definition) is 1. The highest BCUT2D eigenvalue weighted by Gasteiger charge is 2.22. The molecule has 2 aromatic rings. The summed E-state index contributed by atoms with van der Waals surface area (Å²) in [7, 11) is 1.67. The zero-order valence-corrected chi connectivity index (χ0v) is 16.9. The number of amides is 2. The number of carbonyl (C=O) groups excluding carboxylic acids is 1. The summed E-state index contributed by atoms with van der Waals surface area (Å²) in [4.78, 5) is 12.9. The maximum atomic E-state index is 11.2. The Labute approximate surface area is 172 Å². The Balaban J connectivity index is 1.34. The van der Waals surface area contributed by atoms with E-state index >= 15 is 0 Å². The Morgan fingerprint density at radius 3 is 2.62 bits per heavy atom. The Morgan fingerprint density at radius 1 is 1.14 bits per heavy atom. The van der Waals surface area contributed by atoms with Gasteiger partial charge in [0.05, 0.1) is 26.9 Å². The number of nitrogens with zero attached hydrogens (tertiary/aromatic N) is 1. The van der Waals surface area contributed by atoms with E-state index in [0.717, 1.165) is 29.9 Å². The topological polar surface area (TPSA) is 74.0 Å². The highest BCUT2D eigenvalue weighted by atomic mass is 16.5. The predicted molar refractivity (Wildman–Crippen MR) is 112 cm³/mol. The first-order chi connectivity index (χ1) is 14.2. The summed E-state index contributed by atoms with van der Waals surface area (Å²) in [5.41, 5.74) is 7.61.